The molecule has 18 heavy (non-hydrogen) atoms. The van der Waals surface area contributed by atoms with Crippen molar-refractivity contribution in [2.75, 3.05) is 4.72 Å². The van der Waals surface area contributed by atoms with Gasteiger partial charge in [0.05, 0.1) is 6.42 Å². The molecule has 1 rings (SSSR count). The lowest BCUT2D eigenvalue weighted by atomic mass is 10.1. The summed E-state index contributed by atoms with van der Waals surface area (Å²) in [5, 5.41) is 0. The van der Waals surface area contributed by atoms with E-state index in [0.717, 1.165) is 12.1 Å². The van der Waals surface area contributed by atoms with Gasteiger partial charge in [0.15, 0.2) is 0 Å². The summed E-state index contributed by atoms with van der Waals surface area (Å²) in [6.07, 6.45) is -0.0771. The number of alkyl halides is 3. The van der Waals surface area contributed by atoms with Crippen molar-refractivity contribution < 1.29 is 26.4 Å². The number of carbonyl (C=O) groups excluding carboxylic acids is 1. The van der Waals surface area contributed by atoms with Crippen LogP contribution in [0.1, 0.15) is 5.56 Å². The van der Waals surface area contributed by atoms with Gasteiger partial charge in [0.25, 0.3) is 0 Å². The topological polar surface area (TPSA) is 89.3 Å². The molecule has 1 amide bonds. The van der Waals surface area contributed by atoms with Crippen molar-refractivity contribution in [3.63, 3.8) is 0 Å². The van der Waals surface area contributed by atoms with Crippen LogP contribution in [0, 0.1) is 0 Å². The Balaban J connectivity index is 2.85. The first-order valence-electron chi connectivity index (χ1n) is 4.58. The second kappa shape index (κ2) is 4.84. The van der Waals surface area contributed by atoms with Crippen LogP contribution in [0.25, 0.3) is 0 Å². The molecule has 1 aromatic rings. The van der Waals surface area contributed by atoms with Crippen molar-refractivity contribution in [3.8, 4) is 0 Å². The number of nitrogens with two attached hydrogens (primary N) is 1. The largest absolute Gasteiger partial charge is 0.516 e. The fraction of sp³-hybridized carbons (Fsp3) is 0.222. The van der Waals surface area contributed by atoms with Gasteiger partial charge < -0.3 is 5.73 Å². The molecule has 3 N–H and O–H groups in total. The van der Waals surface area contributed by atoms with Crippen LogP contribution in [-0.4, -0.2) is 19.8 Å². The highest BCUT2D eigenvalue weighted by Gasteiger charge is 2.45. The molecule has 5 nitrogen and oxygen atoms in total. The number of rotatable bonds is 4. The minimum atomic E-state index is -5.43. The Kier molecular flexibility index (Phi) is 3.85. The van der Waals surface area contributed by atoms with E-state index in [1.165, 1.54) is 16.9 Å². The predicted octanol–water partition coefficient (Wildman–Crippen LogP) is 0.976. The number of carbonyl (C=O) groups is 1. The minimum Gasteiger partial charge on any atom is -0.369 e. The van der Waals surface area contributed by atoms with Gasteiger partial charge in [-0.15, -0.1) is 0 Å². The summed E-state index contributed by atoms with van der Waals surface area (Å²) in [4.78, 5) is 10.6. The lowest BCUT2D eigenvalue weighted by Crippen LogP contribution is -2.29. The predicted molar refractivity (Wildman–Crippen MR) is 57.9 cm³/mol. The van der Waals surface area contributed by atoms with E-state index < -0.39 is 21.4 Å². The van der Waals surface area contributed by atoms with Gasteiger partial charge in [0, 0.05) is 5.69 Å². The highest BCUT2D eigenvalue weighted by atomic mass is 32.2. The van der Waals surface area contributed by atoms with Gasteiger partial charge in [0.2, 0.25) is 5.91 Å². The molecule has 1 aromatic carbocycles. The molecule has 0 saturated heterocycles. The van der Waals surface area contributed by atoms with Crippen LogP contribution in [0.3, 0.4) is 0 Å². The first kappa shape index (κ1) is 14.3. The molecule has 100 valence electrons. The highest BCUT2D eigenvalue weighted by molar-refractivity contribution is 7.93. The molecular weight excluding hydrogens is 273 g/mol. The summed E-state index contributed by atoms with van der Waals surface area (Å²) in [5.41, 5.74) is -0.234. The monoisotopic (exact) mass is 282 g/mol. The first-order chi connectivity index (χ1) is 8.12. The van der Waals surface area contributed by atoms with Gasteiger partial charge in [-0.3, -0.25) is 9.52 Å². The Morgan fingerprint density at radius 3 is 2.11 bits per heavy atom. The fourth-order valence-corrected chi connectivity index (χ4v) is 1.67. The second-order valence-corrected chi connectivity index (χ2v) is 5.07. The molecule has 0 saturated carbocycles. The van der Waals surface area contributed by atoms with Crippen molar-refractivity contribution in [1.82, 2.24) is 0 Å². The van der Waals surface area contributed by atoms with Crippen molar-refractivity contribution >= 4 is 21.6 Å². The molecule has 0 bridgehead atoms. The van der Waals surface area contributed by atoms with E-state index in [-0.39, 0.29) is 12.1 Å². The van der Waals surface area contributed by atoms with Crippen LogP contribution < -0.4 is 10.5 Å². The van der Waals surface area contributed by atoms with E-state index in [1.54, 1.807) is 0 Å². The first-order valence-corrected chi connectivity index (χ1v) is 6.06. The normalized spacial score (nSPS) is 12.2. The quantitative estimate of drug-likeness (QED) is 0.862. The molecular formula is C9H9F3N2O3S. The van der Waals surface area contributed by atoms with Crippen LogP contribution in [0.2, 0.25) is 0 Å². The molecule has 0 unspecified atom stereocenters. The maximum absolute atomic E-state index is 12.1. The lowest BCUT2D eigenvalue weighted by Gasteiger charge is -2.10. The standard InChI is InChI=1S/C9H9F3N2O3S/c10-9(11,12)18(16,17)14-7-3-1-6(2-4-7)5-8(13)15/h1-4,14H,5H2,(H2,13,15). The highest BCUT2D eigenvalue weighted by Crippen LogP contribution is 2.25. The summed E-state index contributed by atoms with van der Waals surface area (Å²) in [6, 6.07) is 4.83. The Morgan fingerprint density at radius 1 is 1.22 bits per heavy atom. The van der Waals surface area contributed by atoms with Crippen molar-refractivity contribution in [1.29, 1.82) is 0 Å². The third kappa shape index (κ3) is 3.62. The minimum absolute atomic E-state index is 0.0771. The van der Waals surface area contributed by atoms with Gasteiger partial charge in [-0.25, -0.2) is 0 Å². The Morgan fingerprint density at radius 2 is 1.72 bits per heavy atom. The van der Waals surface area contributed by atoms with Gasteiger partial charge in [-0.05, 0) is 17.7 Å². The summed E-state index contributed by atoms with van der Waals surface area (Å²) >= 11 is 0. The molecule has 0 aliphatic rings. The van der Waals surface area contributed by atoms with Gasteiger partial charge in [-0.2, -0.15) is 21.6 Å². The van der Waals surface area contributed by atoms with E-state index in [0.29, 0.717) is 5.56 Å². The zero-order chi connectivity index (χ0) is 14.0. The molecule has 0 spiro atoms. The second-order valence-electron chi connectivity index (χ2n) is 3.39. The summed E-state index contributed by atoms with van der Waals surface area (Å²) in [5.74, 6) is -0.598. The van der Waals surface area contributed by atoms with Crippen LogP contribution in [-0.2, 0) is 21.2 Å². The van der Waals surface area contributed by atoms with Crippen LogP contribution in [0.5, 0.6) is 0 Å². The third-order valence-electron chi connectivity index (χ3n) is 1.89. The van der Waals surface area contributed by atoms with Gasteiger partial charge >= 0.3 is 15.5 Å². The number of hydrogen-bond acceptors (Lipinski definition) is 3. The number of benzene rings is 1. The smallest absolute Gasteiger partial charge is 0.369 e. The van der Waals surface area contributed by atoms with Crippen molar-refractivity contribution in [2.24, 2.45) is 5.73 Å². The van der Waals surface area contributed by atoms with Crippen molar-refractivity contribution in [3.05, 3.63) is 29.8 Å². The molecule has 0 radical (unpaired) electrons. The average molecular weight is 282 g/mol. The number of anilines is 1. The number of sulfonamides is 1. The molecule has 0 aliphatic carbocycles. The maximum Gasteiger partial charge on any atom is 0.516 e. The fourth-order valence-electron chi connectivity index (χ4n) is 1.10. The number of amides is 1. The molecule has 0 atom stereocenters. The number of halogens is 3. The zero-order valence-electron chi connectivity index (χ0n) is 8.86. The molecule has 0 aromatic heterocycles. The SMILES string of the molecule is NC(=O)Cc1ccc(NS(=O)(=O)C(F)(F)F)cc1. The Bertz CT molecular complexity index is 537. The van der Waals surface area contributed by atoms with Gasteiger partial charge in [0.1, 0.15) is 0 Å². The Hall–Kier alpha value is -1.77. The summed E-state index contributed by atoms with van der Waals surface area (Å²) in [6.45, 7) is 0. The van der Waals surface area contributed by atoms with E-state index in [9.17, 15) is 26.4 Å². The number of primary amides is 1. The molecule has 0 aliphatic heterocycles. The van der Waals surface area contributed by atoms with Crippen LogP contribution in [0.15, 0.2) is 24.3 Å². The number of nitrogens with one attached hydrogen (secondary N) is 1. The van der Waals surface area contributed by atoms with E-state index in [4.69, 9.17) is 5.73 Å². The van der Waals surface area contributed by atoms with Gasteiger partial charge in [-0.1, -0.05) is 12.1 Å². The van der Waals surface area contributed by atoms with E-state index >= 15 is 0 Å². The Labute approximate surface area is 101 Å². The zero-order valence-corrected chi connectivity index (χ0v) is 9.68. The molecule has 0 fully saturated rings. The van der Waals surface area contributed by atoms with Crippen LogP contribution >= 0.6 is 0 Å². The lowest BCUT2D eigenvalue weighted by molar-refractivity contribution is -0.117. The van der Waals surface area contributed by atoms with Crippen molar-refractivity contribution in [2.45, 2.75) is 11.9 Å². The van der Waals surface area contributed by atoms with Crippen LogP contribution in [0.4, 0.5) is 18.9 Å². The molecule has 9 heteroatoms. The maximum atomic E-state index is 12.1. The average Bonchev–Trinajstić information content (AvgIpc) is 2.18. The summed E-state index contributed by atoms with van der Waals surface area (Å²) in [7, 11) is -5.43. The number of hydrogen-bond donors (Lipinski definition) is 2. The van der Waals surface area contributed by atoms with E-state index in [2.05, 4.69) is 0 Å². The van der Waals surface area contributed by atoms with E-state index in [1.807, 2.05) is 0 Å². The third-order valence-corrected chi connectivity index (χ3v) is 3.00. The molecule has 0 heterocycles. The summed E-state index contributed by atoms with van der Waals surface area (Å²) < 4.78 is 59.1.